The van der Waals surface area contributed by atoms with Crippen molar-refractivity contribution in [2.75, 3.05) is 5.32 Å². The van der Waals surface area contributed by atoms with Gasteiger partial charge in [0.05, 0.1) is 5.69 Å². The van der Waals surface area contributed by atoms with Crippen LogP contribution in [0.15, 0.2) is 60.7 Å². The van der Waals surface area contributed by atoms with Crippen molar-refractivity contribution in [3.63, 3.8) is 0 Å². The van der Waals surface area contributed by atoms with Gasteiger partial charge in [0.25, 0.3) is 5.91 Å². The third kappa shape index (κ3) is 3.72. The number of carbonyl (C=O) groups is 2. The van der Waals surface area contributed by atoms with E-state index in [1.54, 1.807) is 36.4 Å². The van der Waals surface area contributed by atoms with Gasteiger partial charge in [-0.25, -0.2) is 4.79 Å². The normalized spacial score (nSPS) is 17.4. The lowest BCUT2D eigenvalue weighted by Crippen LogP contribution is -2.42. The summed E-state index contributed by atoms with van der Waals surface area (Å²) in [4.78, 5) is 25.0. The molecule has 0 radical (unpaired) electrons. The first-order valence-electron chi connectivity index (χ1n) is 8.86. The minimum absolute atomic E-state index is 0.0185. The van der Waals surface area contributed by atoms with E-state index in [1.807, 2.05) is 6.07 Å². The van der Waals surface area contributed by atoms with E-state index >= 15 is 0 Å². The number of hydrogen-bond donors (Lipinski definition) is 2. The largest absolute Gasteiger partial charge is 0.478 e. The molecule has 0 bridgehead atoms. The van der Waals surface area contributed by atoms with E-state index in [0.717, 1.165) is 5.56 Å². The number of ether oxygens (including phenoxy) is 1. The number of carbonyl (C=O) groups excluding carboxylic acids is 1. The summed E-state index contributed by atoms with van der Waals surface area (Å²) >= 11 is 18.3. The van der Waals surface area contributed by atoms with Gasteiger partial charge in [-0.1, -0.05) is 53.0 Å². The highest BCUT2D eigenvalue weighted by Crippen LogP contribution is 2.44. The molecule has 0 aromatic heterocycles. The summed E-state index contributed by atoms with van der Waals surface area (Å²) in [5, 5.41) is 13.6. The van der Waals surface area contributed by atoms with E-state index in [9.17, 15) is 14.7 Å². The topological polar surface area (TPSA) is 75.6 Å². The van der Waals surface area contributed by atoms with E-state index in [2.05, 4.69) is 5.32 Å². The van der Waals surface area contributed by atoms with Gasteiger partial charge in [0.1, 0.15) is 11.3 Å². The number of nitrogens with one attached hydrogen (secondary N) is 1. The van der Waals surface area contributed by atoms with Gasteiger partial charge in [-0.3, -0.25) is 4.79 Å². The SMILES string of the molecule is O=C(O)c1ccc(Cl)cc1OC1(Cc2cccc(Cl)c2)C(=O)Nc2cc(Cl)ccc21. The summed E-state index contributed by atoms with van der Waals surface area (Å²) in [6.07, 6.45) is 0.111. The number of anilines is 1. The first kappa shape index (κ1) is 20.5. The lowest BCUT2D eigenvalue weighted by Gasteiger charge is -2.30. The predicted octanol–water partition coefficient (Wildman–Crippen LogP) is 5.81. The Labute approximate surface area is 187 Å². The van der Waals surface area contributed by atoms with Gasteiger partial charge in [-0.05, 0) is 48.0 Å². The average Bonchev–Trinajstić information content (AvgIpc) is 2.92. The van der Waals surface area contributed by atoms with Crippen molar-refractivity contribution in [1.82, 2.24) is 0 Å². The third-order valence-corrected chi connectivity index (χ3v) is 5.54. The molecular formula is C22H14Cl3NO4. The Hall–Kier alpha value is -2.73. The van der Waals surface area contributed by atoms with Crippen LogP contribution in [0.2, 0.25) is 15.1 Å². The van der Waals surface area contributed by atoms with E-state index in [1.165, 1.54) is 18.2 Å². The van der Waals surface area contributed by atoms with Crippen LogP contribution < -0.4 is 10.1 Å². The number of amides is 1. The van der Waals surface area contributed by atoms with Crippen LogP contribution in [0.5, 0.6) is 5.75 Å². The van der Waals surface area contributed by atoms with E-state index in [-0.39, 0.29) is 22.8 Å². The lowest BCUT2D eigenvalue weighted by atomic mass is 9.87. The highest BCUT2D eigenvalue weighted by Gasteiger charge is 2.50. The number of halogens is 3. The summed E-state index contributed by atoms with van der Waals surface area (Å²) in [6.45, 7) is 0. The van der Waals surface area contributed by atoms with Crippen LogP contribution in [0.1, 0.15) is 21.5 Å². The van der Waals surface area contributed by atoms with E-state index < -0.39 is 17.5 Å². The van der Waals surface area contributed by atoms with E-state index in [4.69, 9.17) is 39.5 Å². The van der Waals surface area contributed by atoms with Crippen molar-refractivity contribution >= 4 is 52.4 Å². The molecule has 1 aliphatic heterocycles. The second kappa shape index (κ2) is 7.84. The van der Waals surface area contributed by atoms with Crippen LogP contribution in [0.25, 0.3) is 0 Å². The zero-order valence-electron chi connectivity index (χ0n) is 15.3. The molecule has 0 saturated carbocycles. The maximum absolute atomic E-state index is 13.2. The van der Waals surface area contributed by atoms with Crippen molar-refractivity contribution in [2.24, 2.45) is 0 Å². The number of carboxylic acids is 1. The average molecular weight is 463 g/mol. The molecule has 30 heavy (non-hydrogen) atoms. The molecule has 0 aliphatic carbocycles. The van der Waals surface area contributed by atoms with Gasteiger partial charge in [-0.15, -0.1) is 0 Å². The Balaban J connectivity index is 1.89. The fraction of sp³-hybridized carbons (Fsp3) is 0.0909. The monoisotopic (exact) mass is 461 g/mol. The van der Waals surface area contributed by atoms with Gasteiger partial charge < -0.3 is 15.2 Å². The summed E-state index contributed by atoms with van der Waals surface area (Å²) < 4.78 is 6.20. The van der Waals surface area contributed by atoms with Gasteiger partial charge in [0.15, 0.2) is 0 Å². The van der Waals surface area contributed by atoms with Crippen LogP contribution in [-0.4, -0.2) is 17.0 Å². The van der Waals surface area contributed by atoms with Crippen LogP contribution in [-0.2, 0) is 16.8 Å². The molecule has 1 amide bonds. The van der Waals surface area contributed by atoms with Crippen LogP contribution in [0.4, 0.5) is 5.69 Å². The molecule has 1 atom stereocenters. The Kier molecular flexibility index (Phi) is 5.36. The summed E-state index contributed by atoms with van der Waals surface area (Å²) in [7, 11) is 0. The third-order valence-electron chi connectivity index (χ3n) is 4.83. The molecule has 1 unspecified atom stereocenters. The molecule has 0 fully saturated rings. The molecule has 5 nitrogen and oxygen atoms in total. The van der Waals surface area contributed by atoms with Crippen molar-refractivity contribution in [3.05, 3.63) is 92.4 Å². The molecule has 4 rings (SSSR count). The van der Waals surface area contributed by atoms with Crippen molar-refractivity contribution < 1.29 is 19.4 Å². The fourth-order valence-corrected chi connectivity index (χ4v) is 4.06. The first-order valence-corrected chi connectivity index (χ1v) is 10.00. The summed E-state index contributed by atoms with van der Waals surface area (Å²) in [5.74, 6) is -1.67. The first-order chi connectivity index (χ1) is 14.3. The number of rotatable bonds is 5. The lowest BCUT2D eigenvalue weighted by molar-refractivity contribution is -0.130. The van der Waals surface area contributed by atoms with Crippen LogP contribution >= 0.6 is 34.8 Å². The molecule has 3 aromatic carbocycles. The number of aromatic carboxylic acids is 1. The smallest absolute Gasteiger partial charge is 0.339 e. The van der Waals surface area contributed by atoms with Crippen molar-refractivity contribution in [1.29, 1.82) is 0 Å². The molecule has 1 heterocycles. The van der Waals surface area contributed by atoms with E-state index in [0.29, 0.717) is 21.3 Å². The molecular weight excluding hydrogens is 449 g/mol. The molecule has 3 aromatic rings. The Bertz CT molecular complexity index is 1180. The van der Waals surface area contributed by atoms with Crippen LogP contribution in [0.3, 0.4) is 0 Å². The zero-order chi connectivity index (χ0) is 21.5. The Morgan fingerprint density at radius 1 is 0.967 bits per heavy atom. The standard InChI is InChI=1S/C22H14Cl3NO4/c23-13-3-1-2-12(8-13)11-22(17-7-5-14(24)9-18(17)26-21(22)29)30-19-10-15(25)4-6-16(19)20(27)28/h1-10H,11H2,(H,26,29)(H,27,28). The maximum atomic E-state index is 13.2. The zero-order valence-corrected chi connectivity index (χ0v) is 17.6. The fourth-order valence-electron chi connectivity index (χ4n) is 3.51. The molecule has 2 N–H and O–H groups in total. The quantitative estimate of drug-likeness (QED) is 0.501. The van der Waals surface area contributed by atoms with Gasteiger partial charge in [-0.2, -0.15) is 0 Å². The van der Waals surface area contributed by atoms with Crippen molar-refractivity contribution in [3.8, 4) is 5.75 Å². The Morgan fingerprint density at radius 3 is 2.40 bits per heavy atom. The summed E-state index contributed by atoms with van der Waals surface area (Å²) in [6, 6.07) is 16.1. The molecule has 0 spiro atoms. The van der Waals surface area contributed by atoms with Gasteiger partial charge in [0, 0.05) is 27.1 Å². The molecule has 8 heteroatoms. The number of carboxylic acid groups (broad SMARTS) is 1. The summed E-state index contributed by atoms with van der Waals surface area (Å²) in [5.41, 5.74) is 0.112. The number of fused-ring (bicyclic) bond motifs is 1. The molecule has 0 saturated heterocycles. The second-order valence-electron chi connectivity index (χ2n) is 6.83. The maximum Gasteiger partial charge on any atom is 0.339 e. The Morgan fingerprint density at radius 2 is 1.67 bits per heavy atom. The van der Waals surface area contributed by atoms with Gasteiger partial charge >= 0.3 is 5.97 Å². The minimum Gasteiger partial charge on any atom is -0.478 e. The number of hydrogen-bond acceptors (Lipinski definition) is 3. The minimum atomic E-state index is -1.54. The highest BCUT2D eigenvalue weighted by molar-refractivity contribution is 6.31. The molecule has 1 aliphatic rings. The van der Waals surface area contributed by atoms with Crippen molar-refractivity contribution in [2.45, 2.75) is 12.0 Å². The predicted molar refractivity (Wildman–Crippen MR) is 116 cm³/mol. The molecule has 152 valence electrons. The van der Waals surface area contributed by atoms with Gasteiger partial charge in [0.2, 0.25) is 5.60 Å². The second-order valence-corrected chi connectivity index (χ2v) is 8.13. The number of benzene rings is 3. The van der Waals surface area contributed by atoms with Crippen LogP contribution in [0, 0.1) is 0 Å². The highest BCUT2D eigenvalue weighted by atomic mass is 35.5.